The maximum absolute atomic E-state index is 13.0. The summed E-state index contributed by atoms with van der Waals surface area (Å²) in [5.41, 5.74) is 1.87. The van der Waals surface area contributed by atoms with E-state index in [9.17, 15) is 13.2 Å². The second kappa shape index (κ2) is 7.07. The fourth-order valence-electron chi connectivity index (χ4n) is 3.68. The molecule has 0 atom stereocenters. The fourth-order valence-corrected chi connectivity index (χ4v) is 5.34. The molecule has 3 aromatic carbocycles. The topological polar surface area (TPSA) is 84.9 Å². The lowest BCUT2D eigenvalue weighted by Gasteiger charge is -2.32. The Morgan fingerprint density at radius 2 is 1.53 bits per heavy atom. The predicted octanol–water partition coefficient (Wildman–Crippen LogP) is 3.02. The van der Waals surface area contributed by atoms with Crippen LogP contribution in [-0.4, -0.2) is 27.7 Å². The van der Waals surface area contributed by atoms with Crippen molar-refractivity contribution in [3.05, 3.63) is 72.3 Å². The van der Waals surface area contributed by atoms with Crippen LogP contribution in [-0.2, 0) is 21.2 Å². The van der Waals surface area contributed by atoms with E-state index in [1.54, 1.807) is 53.4 Å². The van der Waals surface area contributed by atoms with Crippen LogP contribution < -0.4 is 19.7 Å². The van der Waals surface area contributed by atoms with Crippen LogP contribution in [0.25, 0.3) is 0 Å². The minimum Gasteiger partial charge on any atom is -0.454 e. The van der Waals surface area contributed by atoms with Gasteiger partial charge >= 0.3 is 0 Å². The molecule has 8 heteroatoms. The number of sulfone groups is 1. The SMILES string of the molecule is O=C(CN1c2ccccc2S(=O)(=O)c2ccccc21)NCc1ccc2c(c1)OCO2. The summed E-state index contributed by atoms with van der Waals surface area (Å²) in [5.74, 6) is 1.12. The zero-order valence-corrected chi connectivity index (χ0v) is 16.7. The van der Waals surface area contributed by atoms with Gasteiger partial charge in [-0.3, -0.25) is 4.79 Å². The summed E-state index contributed by atoms with van der Waals surface area (Å²) in [5, 5.41) is 2.89. The molecule has 0 aromatic heterocycles. The van der Waals surface area contributed by atoms with Crippen LogP contribution in [0.4, 0.5) is 11.4 Å². The number of anilines is 2. The third-order valence-electron chi connectivity index (χ3n) is 5.12. The van der Waals surface area contributed by atoms with Gasteiger partial charge in [0.15, 0.2) is 11.5 Å². The highest BCUT2D eigenvalue weighted by Gasteiger charge is 2.34. The van der Waals surface area contributed by atoms with E-state index < -0.39 is 9.84 Å². The number of nitrogens with zero attached hydrogens (tertiary/aromatic N) is 1. The Bertz CT molecular complexity index is 1200. The maximum Gasteiger partial charge on any atom is 0.240 e. The Morgan fingerprint density at radius 1 is 0.900 bits per heavy atom. The van der Waals surface area contributed by atoms with Crippen molar-refractivity contribution in [2.24, 2.45) is 0 Å². The molecule has 0 aliphatic carbocycles. The van der Waals surface area contributed by atoms with Gasteiger partial charge in [0, 0.05) is 6.54 Å². The monoisotopic (exact) mass is 422 g/mol. The summed E-state index contributed by atoms with van der Waals surface area (Å²) in [4.78, 5) is 14.9. The first-order valence-electron chi connectivity index (χ1n) is 9.40. The average Bonchev–Trinajstić information content (AvgIpc) is 3.23. The van der Waals surface area contributed by atoms with E-state index in [2.05, 4.69) is 5.32 Å². The van der Waals surface area contributed by atoms with Gasteiger partial charge in [-0.1, -0.05) is 30.3 Å². The number of benzene rings is 3. The minimum absolute atomic E-state index is 0.00585. The lowest BCUT2D eigenvalue weighted by Crippen LogP contribution is -2.37. The number of hydrogen-bond donors (Lipinski definition) is 1. The molecule has 30 heavy (non-hydrogen) atoms. The molecular formula is C22H18N2O5S. The molecule has 0 spiro atoms. The van der Waals surface area contributed by atoms with E-state index in [-0.39, 0.29) is 29.0 Å². The molecule has 2 heterocycles. The summed E-state index contributed by atoms with van der Waals surface area (Å²) < 4.78 is 36.6. The second-order valence-corrected chi connectivity index (χ2v) is 8.88. The highest BCUT2D eigenvalue weighted by Crippen LogP contribution is 2.43. The van der Waals surface area contributed by atoms with Gasteiger partial charge in [-0.25, -0.2) is 8.42 Å². The molecule has 0 bridgehead atoms. The molecular weight excluding hydrogens is 404 g/mol. The molecule has 0 saturated carbocycles. The van der Waals surface area contributed by atoms with Crippen molar-refractivity contribution in [2.45, 2.75) is 16.3 Å². The molecule has 3 aromatic rings. The zero-order chi connectivity index (χ0) is 20.7. The number of nitrogens with one attached hydrogen (secondary N) is 1. The van der Waals surface area contributed by atoms with Crippen molar-refractivity contribution in [1.29, 1.82) is 0 Å². The lowest BCUT2D eigenvalue weighted by molar-refractivity contribution is -0.119. The highest BCUT2D eigenvalue weighted by atomic mass is 32.2. The highest BCUT2D eigenvalue weighted by molar-refractivity contribution is 7.92. The molecule has 152 valence electrons. The number of hydrogen-bond acceptors (Lipinski definition) is 6. The van der Waals surface area contributed by atoms with E-state index in [1.807, 2.05) is 18.2 Å². The Morgan fingerprint density at radius 3 is 2.23 bits per heavy atom. The van der Waals surface area contributed by atoms with E-state index in [0.29, 0.717) is 29.4 Å². The van der Waals surface area contributed by atoms with Crippen LogP contribution in [0.3, 0.4) is 0 Å². The average molecular weight is 422 g/mol. The Kier molecular flexibility index (Phi) is 4.36. The number of carbonyl (C=O) groups excluding carboxylic acids is 1. The third-order valence-corrected chi connectivity index (χ3v) is 6.97. The summed E-state index contributed by atoms with van der Waals surface area (Å²) in [6, 6.07) is 19.0. The quantitative estimate of drug-likeness (QED) is 0.696. The van der Waals surface area contributed by atoms with Gasteiger partial charge in [0.2, 0.25) is 22.5 Å². The van der Waals surface area contributed by atoms with Crippen molar-refractivity contribution >= 4 is 27.1 Å². The standard InChI is InChI=1S/C22H18N2O5S/c25-22(23-12-15-9-10-18-19(11-15)29-14-28-18)13-24-16-5-1-3-7-20(16)30(26,27)21-8-4-2-6-17(21)24/h1-11H,12-14H2,(H,23,25). The normalized spacial score (nSPS) is 15.3. The van der Waals surface area contributed by atoms with E-state index in [4.69, 9.17) is 9.47 Å². The minimum atomic E-state index is -3.63. The summed E-state index contributed by atoms with van der Waals surface area (Å²) in [6.45, 7) is 0.515. The first-order chi connectivity index (χ1) is 14.5. The molecule has 2 aliphatic rings. The number of carbonyl (C=O) groups is 1. The fraction of sp³-hybridized carbons (Fsp3) is 0.136. The van der Waals surface area contributed by atoms with Crippen LogP contribution in [0, 0.1) is 0 Å². The largest absolute Gasteiger partial charge is 0.454 e. The number of amides is 1. The molecule has 7 nitrogen and oxygen atoms in total. The van der Waals surface area contributed by atoms with Gasteiger partial charge in [0.25, 0.3) is 0 Å². The molecule has 0 unspecified atom stereocenters. The van der Waals surface area contributed by atoms with Gasteiger partial charge < -0.3 is 19.7 Å². The maximum atomic E-state index is 13.0. The lowest BCUT2D eigenvalue weighted by atomic mass is 10.2. The van der Waals surface area contributed by atoms with Gasteiger partial charge in [-0.15, -0.1) is 0 Å². The van der Waals surface area contributed by atoms with Crippen molar-refractivity contribution in [3.63, 3.8) is 0 Å². The smallest absolute Gasteiger partial charge is 0.240 e. The van der Waals surface area contributed by atoms with Crippen molar-refractivity contribution in [2.75, 3.05) is 18.2 Å². The zero-order valence-electron chi connectivity index (χ0n) is 15.9. The molecule has 1 amide bonds. The molecule has 5 rings (SSSR count). The van der Waals surface area contributed by atoms with Crippen LogP contribution in [0.15, 0.2) is 76.5 Å². The molecule has 0 fully saturated rings. The van der Waals surface area contributed by atoms with Crippen molar-refractivity contribution in [1.82, 2.24) is 5.32 Å². The number of fused-ring (bicyclic) bond motifs is 3. The Hall–Kier alpha value is -3.52. The van der Waals surface area contributed by atoms with Gasteiger partial charge in [0.1, 0.15) is 6.54 Å². The number of para-hydroxylation sites is 2. The van der Waals surface area contributed by atoms with Gasteiger partial charge in [-0.2, -0.15) is 0 Å². The van der Waals surface area contributed by atoms with Crippen LogP contribution >= 0.6 is 0 Å². The number of rotatable bonds is 4. The molecule has 1 N–H and O–H groups in total. The Labute approximate surface area is 173 Å². The molecule has 2 aliphatic heterocycles. The van der Waals surface area contributed by atoms with Crippen LogP contribution in [0.5, 0.6) is 11.5 Å². The Balaban J connectivity index is 1.39. The van der Waals surface area contributed by atoms with E-state index >= 15 is 0 Å². The van der Waals surface area contributed by atoms with Crippen molar-refractivity contribution < 1.29 is 22.7 Å². The summed E-state index contributed by atoms with van der Waals surface area (Å²) in [7, 11) is -3.63. The summed E-state index contributed by atoms with van der Waals surface area (Å²) in [6.07, 6.45) is 0. The summed E-state index contributed by atoms with van der Waals surface area (Å²) >= 11 is 0. The third kappa shape index (κ3) is 3.05. The number of ether oxygens (including phenoxy) is 2. The van der Waals surface area contributed by atoms with Crippen LogP contribution in [0.2, 0.25) is 0 Å². The van der Waals surface area contributed by atoms with Gasteiger partial charge in [0.05, 0.1) is 21.2 Å². The molecule has 0 radical (unpaired) electrons. The first-order valence-corrected chi connectivity index (χ1v) is 10.9. The molecule has 0 saturated heterocycles. The van der Waals surface area contributed by atoms with Gasteiger partial charge in [-0.05, 0) is 42.0 Å². The predicted molar refractivity (Wildman–Crippen MR) is 110 cm³/mol. The first kappa shape index (κ1) is 18.5. The van der Waals surface area contributed by atoms with Crippen LogP contribution in [0.1, 0.15) is 5.56 Å². The van der Waals surface area contributed by atoms with Crippen molar-refractivity contribution in [3.8, 4) is 11.5 Å². The van der Waals surface area contributed by atoms with E-state index in [0.717, 1.165) is 5.56 Å². The second-order valence-electron chi connectivity index (χ2n) is 6.99. The van der Waals surface area contributed by atoms with E-state index in [1.165, 1.54) is 0 Å².